The van der Waals surface area contributed by atoms with Gasteiger partial charge in [-0.05, 0) is 119 Å². The Labute approximate surface area is 325 Å². The minimum Gasteiger partial charge on any atom is -0.490 e. The molecule has 3 aromatic carbocycles. The largest absolute Gasteiger partial charge is 0.490 e. The molecule has 0 saturated carbocycles. The van der Waals surface area contributed by atoms with E-state index in [0.717, 1.165) is 5.56 Å². The number of aromatic nitrogens is 1. The highest BCUT2D eigenvalue weighted by molar-refractivity contribution is 9.11. The highest BCUT2D eigenvalue weighted by Crippen LogP contribution is 2.37. The molecule has 0 amide bonds. The van der Waals surface area contributed by atoms with Gasteiger partial charge in [0.05, 0.1) is 63.3 Å². The molecule has 2 heterocycles. The molecule has 1 atom stereocenters. The smallest absolute Gasteiger partial charge is 0.343 e. The van der Waals surface area contributed by atoms with Gasteiger partial charge in [-0.1, -0.05) is 29.5 Å². The fraction of sp³-hybridized carbons (Fsp3) is 0.289. The van der Waals surface area contributed by atoms with Crippen LogP contribution in [0.4, 0.5) is 0 Å². The molecule has 0 fully saturated rings. The molecule has 53 heavy (non-hydrogen) atoms. The molecule has 278 valence electrons. The van der Waals surface area contributed by atoms with E-state index < -0.39 is 18.0 Å². The zero-order valence-corrected chi connectivity index (χ0v) is 33.5. The second-order valence-corrected chi connectivity index (χ2v) is 14.0. The lowest BCUT2D eigenvalue weighted by atomic mass is 9.95. The zero-order chi connectivity index (χ0) is 38.2. The molecule has 5 rings (SSSR count). The van der Waals surface area contributed by atoms with Crippen molar-refractivity contribution in [1.29, 1.82) is 0 Å². The molecule has 15 heteroatoms. The number of ether oxygens (including phenoxy) is 6. The minimum atomic E-state index is -0.901. The Morgan fingerprint density at radius 3 is 2.19 bits per heavy atom. The van der Waals surface area contributed by atoms with Gasteiger partial charge < -0.3 is 28.4 Å². The topological polar surface area (TPSA) is 141 Å². The van der Waals surface area contributed by atoms with Crippen molar-refractivity contribution >= 4 is 67.2 Å². The molecule has 1 aromatic heterocycles. The van der Waals surface area contributed by atoms with Crippen LogP contribution < -0.4 is 29.1 Å². The maximum Gasteiger partial charge on any atom is 0.343 e. The molecule has 0 spiro atoms. The van der Waals surface area contributed by atoms with Crippen LogP contribution in [0, 0.1) is 0 Å². The van der Waals surface area contributed by atoms with Gasteiger partial charge in [0.15, 0.2) is 22.9 Å². The second-order valence-electron chi connectivity index (χ2n) is 11.3. The highest BCUT2D eigenvalue weighted by Gasteiger charge is 2.34. The van der Waals surface area contributed by atoms with Gasteiger partial charge >= 0.3 is 17.9 Å². The molecule has 1 aliphatic rings. The van der Waals surface area contributed by atoms with Crippen LogP contribution in [0.5, 0.6) is 17.2 Å². The summed E-state index contributed by atoms with van der Waals surface area (Å²) >= 11 is 8.39. The molecule has 1 aliphatic heterocycles. The maximum absolute atomic E-state index is 14.2. The van der Waals surface area contributed by atoms with Crippen LogP contribution in [0.15, 0.2) is 84.6 Å². The lowest BCUT2D eigenvalue weighted by Crippen LogP contribution is -2.40. The van der Waals surface area contributed by atoms with Crippen LogP contribution >= 0.6 is 43.2 Å². The van der Waals surface area contributed by atoms with E-state index in [1.54, 1.807) is 76.2 Å². The summed E-state index contributed by atoms with van der Waals surface area (Å²) in [4.78, 5) is 56.4. The van der Waals surface area contributed by atoms with Crippen LogP contribution in [-0.2, 0) is 30.4 Å². The third-order valence-corrected chi connectivity index (χ3v) is 10.0. The summed E-state index contributed by atoms with van der Waals surface area (Å²) in [6, 6.07) is 14.7. The SMILES string of the molecule is CCOC(=O)C1=C(C)N=c2s/c(=C/c3cc(Br)c(OCc4ccc(C(=O)OCC)cc4)c(Br)c3)c(=O)n2[C@@H]1c1ccc(OCC(=O)OC)c(OCC)c1. The molecule has 4 aromatic rings. The van der Waals surface area contributed by atoms with Crippen LogP contribution in [0.3, 0.4) is 0 Å². The fourth-order valence-electron chi connectivity index (χ4n) is 5.44. The first-order valence-corrected chi connectivity index (χ1v) is 18.9. The number of carbonyl (C=O) groups excluding carboxylic acids is 3. The molecule has 0 bridgehead atoms. The number of hydrogen-bond donors (Lipinski definition) is 0. The number of hydrogen-bond acceptors (Lipinski definition) is 12. The van der Waals surface area contributed by atoms with Gasteiger partial charge in [0.1, 0.15) is 12.4 Å². The van der Waals surface area contributed by atoms with Crippen molar-refractivity contribution in [1.82, 2.24) is 4.57 Å². The quantitative estimate of drug-likeness (QED) is 0.109. The summed E-state index contributed by atoms with van der Waals surface area (Å²) in [7, 11) is 1.26. The van der Waals surface area contributed by atoms with Crippen molar-refractivity contribution < 1.29 is 42.8 Å². The van der Waals surface area contributed by atoms with Crippen LogP contribution in [-0.4, -0.2) is 56.0 Å². The van der Waals surface area contributed by atoms with Gasteiger partial charge in [-0.2, -0.15) is 0 Å². The molecular formula is C38H36Br2N2O10S. The second kappa shape index (κ2) is 17.9. The van der Waals surface area contributed by atoms with E-state index >= 15 is 0 Å². The summed E-state index contributed by atoms with van der Waals surface area (Å²) < 4.78 is 35.9. The maximum atomic E-state index is 14.2. The molecule has 0 saturated heterocycles. The normalized spacial score (nSPS) is 13.9. The molecule has 0 radical (unpaired) electrons. The molecule has 0 N–H and O–H groups in total. The van der Waals surface area contributed by atoms with E-state index in [9.17, 15) is 19.2 Å². The van der Waals surface area contributed by atoms with Gasteiger partial charge in [0.25, 0.3) is 5.56 Å². The molecule has 0 aliphatic carbocycles. The number of rotatable bonds is 14. The Balaban J connectivity index is 1.50. The lowest BCUT2D eigenvalue weighted by molar-refractivity contribution is -0.143. The van der Waals surface area contributed by atoms with E-state index in [0.29, 0.717) is 71.1 Å². The van der Waals surface area contributed by atoms with Crippen molar-refractivity contribution in [3.63, 3.8) is 0 Å². The summed E-state index contributed by atoms with van der Waals surface area (Å²) in [5.74, 6) is -0.381. The van der Waals surface area contributed by atoms with Crippen molar-refractivity contribution in [2.45, 2.75) is 40.3 Å². The first-order valence-electron chi connectivity index (χ1n) is 16.5. The lowest BCUT2D eigenvalue weighted by Gasteiger charge is -2.25. The van der Waals surface area contributed by atoms with E-state index in [1.807, 2.05) is 12.1 Å². The van der Waals surface area contributed by atoms with Gasteiger partial charge in [-0.25, -0.2) is 19.4 Å². The number of carbonyl (C=O) groups is 3. The van der Waals surface area contributed by atoms with Crippen molar-refractivity contribution in [2.24, 2.45) is 4.99 Å². The third kappa shape index (κ3) is 9.08. The Bertz CT molecular complexity index is 2220. The predicted octanol–water partition coefficient (Wildman–Crippen LogP) is 6.03. The molecule has 0 unspecified atom stereocenters. The van der Waals surface area contributed by atoms with E-state index in [2.05, 4.69) is 41.6 Å². The Morgan fingerprint density at radius 2 is 1.55 bits per heavy atom. The van der Waals surface area contributed by atoms with Gasteiger partial charge in [0, 0.05) is 0 Å². The molecule has 12 nitrogen and oxygen atoms in total. The summed E-state index contributed by atoms with van der Waals surface area (Å²) in [5, 5.41) is 0. The number of methoxy groups -OCH3 is 1. The standard InChI is InChI=1S/C38H36Br2N2O10S/c1-6-48-29-18-25(13-14-28(29)51-20-31(43)47-5)33-32(37(46)50-8-3)21(4)41-38-42(33)35(44)30(53-38)17-23-15-26(39)34(27(40)16-23)52-19-22-9-11-24(12-10-22)36(45)49-7-2/h9-18,33H,6-8,19-20H2,1-5H3/b30-17+/t33-/m1/s1. The van der Waals surface area contributed by atoms with E-state index in [4.69, 9.17) is 23.7 Å². The third-order valence-electron chi connectivity index (χ3n) is 7.84. The number of nitrogens with zero attached hydrogens (tertiary/aromatic N) is 2. The van der Waals surface area contributed by atoms with Crippen molar-refractivity contribution in [2.75, 3.05) is 33.5 Å². The Kier molecular flexibility index (Phi) is 13.3. The number of allylic oxidation sites excluding steroid dienone is 1. The average molecular weight is 873 g/mol. The van der Waals surface area contributed by atoms with Crippen LogP contribution in [0.2, 0.25) is 0 Å². The number of benzene rings is 3. The van der Waals surface area contributed by atoms with Gasteiger partial charge in [-0.15, -0.1) is 0 Å². The van der Waals surface area contributed by atoms with Crippen LogP contribution in [0.1, 0.15) is 60.8 Å². The van der Waals surface area contributed by atoms with Gasteiger partial charge in [-0.3, -0.25) is 9.36 Å². The van der Waals surface area contributed by atoms with Crippen molar-refractivity contribution in [3.05, 3.63) is 117 Å². The fourth-order valence-corrected chi connectivity index (χ4v) is 7.94. The number of halogens is 2. The summed E-state index contributed by atoms with van der Waals surface area (Å²) in [5.41, 5.74) is 2.81. The first kappa shape index (κ1) is 39.5. The average Bonchev–Trinajstić information content (AvgIpc) is 3.43. The zero-order valence-electron chi connectivity index (χ0n) is 29.5. The Morgan fingerprint density at radius 1 is 0.868 bits per heavy atom. The highest BCUT2D eigenvalue weighted by atomic mass is 79.9. The first-order chi connectivity index (χ1) is 25.5. The predicted molar refractivity (Wildman–Crippen MR) is 204 cm³/mol. The number of fused-ring (bicyclic) bond motifs is 1. The number of thiazole rings is 1. The van der Waals surface area contributed by atoms with Crippen molar-refractivity contribution in [3.8, 4) is 17.2 Å². The molecular weight excluding hydrogens is 836 g/mol. The van der Waals surface area contributed by atoms with Gasteiger partial charge in [0.2, 0.25) is 0 Å². The Hall–Kier alpha value is -4.73. The van der Waals surface area contributed by atoms with E-state index in [1.165, 1.54) is 23.0 Å². The minimum absolute atomic E-state index is 0.127. The van der Waals surface area contributed by atoms with Crippen LogP contribution in [0.25, 0.3) is 6.08 Å². The van der Waals surface area contributed by atoms with E-state index in [-0.39, 0.29) is 36.9 Å². The number of esters is 3. The summed E-state index contributed by atoms with van der Waals surface area (Å²) in [6.45, 7) is 7.60. The summed E-state index contributed by atoms with van der Waals surface area (Å²) in [6.07, 6.45) is 1.74. The monoisotopic (exact) mass is 870 g/mol.